The number of likely N-dealkylation sites (N-methyl/N-ethyl adjacent to an activating group) is 1. The van der Waals surface area contributed by atoms with Crippen molar-refractivity contribution in [2.45, 2.75) is 19.4 Å². The average Bonchev–Trinajstić information content (AvgIpc) is 3.17. The molecular formula is C28H33ClN4O5. The molecule has 0 radical (unpaired) electrons. The zero-order valence-corrected chi connectivity index (χ0v) is 22.7. The molecule has 9 nitrogen and oxygen atoms in total. The first kappa shape index (κ1) is 27.5. The molecule has 0 aromatic heterocycles. The highest BCUT2D eigenvalue weighted by atomic mass is 35.5. The number of rotatable bonds is 7. The SMILES string of the molecule is CCOC(=O)C1=C(CN2CCCN(C(=O)c3cccc(OC)c3)CC2)N(C)C(=O)NC1c1ccc(Cl)cc1. The maximum atomic E-state index is 13.2. The smallest absolute Gasteiger partial charge is 0.338 e. The second kappa shape index (κ2) is 12.3. The van der Waals surface area contributed by atoms with Gasteiger partial charge < -0.3 is 19.7 Å². The van der Waals surface area contributed by atoms with Crippen molar-refractivity contribution < 1.29 is 23.9 Å². The van der Waals surface area contributed by atoms with E-state index in [9.17, 15) is 14.4 Å². The molecule has 1 N–H and O–H groups in total. The van der Waals surface area contributed by atoms with Crippen LogP contribution in [-0.2, 0) is 9.53 Å². The fourth-order valence-electron chi connectivity index (χ4n) is 4.79. The summed E-state index contributed by atoms with van der Waals surface area (Å²) in [5.41, 5.74) is 2.30. The summed E-state index contributed by atoms with van der Waals surface area (Å²) in [6.07, 6.45) is 0.758. The summed E-state index contributed by atoms with van der Waals surface area (Å²) in [6, 6.07) is 13.2. The van der Waals surface area contributed by atoms with Crippen LogP contribution < -0.4 is 10.1 Å². The van der Waals surface area contributed by atoms with E-state index >= 15 is 0 Å². The maximum Gasteiger partial charge on any atom is 0.338 e. The molecule has 1 unspecified atom stereocenters. The second-order valence-corrected chi connectivity index (χ2v) is 9.66. The summed E-state index contributed by atoms with van der Waals surface area (Å²) in [7, 11) is 3.23. The lowest BCUT2D eigenvalue weighted by Crippen LogP contribution is -2.49. The summed E-state index contributed by atoms with van der Waals surface area (Å²) < 4.78 is 10.7. The highest BCUT2D eigenvalue weighted by molar-refractivity contribution is 6.30. The van der Waals surface area contributed by atoms with Gasteiger partial charge in [-0.25, -0.2) is 9.59 Å². The third kappa shape index (κ3) is 6.11. The Morgan fingerprint density at radius 1 is 1.08 bits per heavy atom. The van der Waals surface area contributed by atoms with E-state index in [0.717, 1.165) is 12.0 Å². The fraction of sp³-hybridized carbons (Fsp3) is 0.393. The van der Waals surface area contributed by atoms with Gasteiger partial charge in [0.05, 0.1) is 25.3 Å². The predicted octanol–water partition coefficient (Wildman–Crippen LogP) is 3.71. The Bertz CT molecular complexity index is 1220. The van der Waals surface area contributed by atoms with Gasteiger partial charge in [0.15, 0.2) is 0 Å². The Kier molecular flexibility index (Phi) is 8.91. The first-order chi connectivity index (χ1) is 18.3. The Hall–Kier alpha value is -3.56. The number of esters is 1. The standard InChI is InChI=1S/C28H33ClN4O5/c1-4-38-27(35)24-23(31(2)28(36)30-25(24)19-9-11-21(29)12-10-19)18-32-13-6-14-33(16-15-32)26(34)20-7-5-8-22(17-20)37-3/h5,7-12,17,25H,4,6,13-16,18H2,1-3H3,(H,30,36). The zero-order chi connectivity index (χ0) is 27.2. The molecule has 2 aromatic carbocycles. The van der Waals surface area contributed by atoms with E-state index in [-0.39, 0.29) is 18.5 Å². The van der Waals surface area contributed by atoms with E-state index in [0.29, 0.717) is 60.3 Å². The molecular weight excluding hydrogens is 508 g/mol. The zero-order valence-electron chi connectivity index (χ0n) is 21.9. The highest BCUT2D eigenvalue weighted by Crippen LogP contribution is 2.32. The normalized spacial score (nSPS) is 18.6. The Morgan fingerprint density at radius 2 is 1.84 bits per heavy atom. The molecule has 1 fully saturated rings. The molecule has 3 amide bonds. The van der Waals surface area contributed by atoms with Crippen LogP contribution in [0.4, 0.5) is 4.79 Å². The number of amides is 3. The lowest BCUT2D eigenvalue weighted by Gasteiger charge is -2.36. The van der Waals surface area contributed by atoms with Gasteiger partial charge in [0.1, 0.15) is 5.75 Å². The monoisotopic (exact) mass is 540 g/mol. The van der Waals surface area contributed by atoms with Gasteiger partial charge in [-0.05, 0) is 49.2 Å². The number of halogens is 1. The molecule has 2 aromatic rings. The van der Waals surface area contributed by atoms with Crippen LogP contribution in [0.5, 0.6) is 5.75 Å². The number of methoxy groups -OCH3 is 1. The Morgan fingerprint density at radius 3 is 2.55 bits per heavy atom. The number of benzene rings is 2. The molecule has 10 heteroatoms. The van der Waals surface area contributed by atoms with Crippen molar-refractivity contribution in [3.8, 4) is 5.75 Å². The van der Waals surface area contributed by atoms with Crippen LogP contribution in [0, 0.1) is 0 Å². The summed E-state index contributed by atoms with van der Waals surface area (Å²) in [4.78, 5) is 44.8. The van der Waals surface area contributed by atoms with E-state index in [1.165, 1.54) is 4.90 Å². The number of hydrogen-bond donors (Lipinski definition) is 1. The number of carbonyl (C=O) groups excluding carboxylic acids is 3. The number of ether oxygens (including phenoxy) is 2. The molecule has 4 rings (SSSR count). The van der Waals surface area contributed by atoms with Gasteiger partial charge in [-0.1, -0.05) is 29.8 Å². The van der Waals surface area contributed by atoms with Crippen LogP contribution in [0.2, 0.25) is 5.02 Å². The Labute approximate surface area is 227 Å². The van der Waals surface area contributed by atoms with E-state index in [4.69, 9.17) is 21.1 Å². The van der Waals surface area contributed by atoms with Crippen molar-refractivity contribution in [3.05, 3.63) is 76.0 Å². The summed E-state index contributed by atoms with van der Waals surface area (Å²) in [5.74, 6) is 0.118. The van der Waals surface area contributed by atoms with Crippen molar-refractivity contribution >= 4 is 29.5 Å². The van der Waals surface area contributed by atoms with E-state index < -0.39 is 12.0 Å². The van der Waals surface area contributed by atoms with E-state index in [1.807, 2.05) is 11.0 Å². The summed E-state index contributed by atoms with van der Waals surface area (Å²) in [6.45, 7) is 4.77. The maximum absolute atomic E-state index is 13.2. The average molecular weight is 541 g/mol. The van der Waals surface area contributed by atoms with Crippen LogP contribution in [0.1, 0.15) is 35.3 Å². The summed E-state index contributed by atoms with van der Waals surface area (Å²) in [5, 5.41) is 3.49. The van der Waals surface area contributed by atoms with Crippen molar-refractivity contribution in [2.75, 3.05) is 53.5 Å². The third-order valence-corrected chi connectivity index (χ3v) is 7.09. The number of urea groups is 1. The van der Waals surface area contributed by atoms with Gasteiger partial charge in [0.2, 0.25) is 0 Å². The molecule has 0 spiro atoms. The van der Waals surface area contributed by atoms with E-state index in [1.54, 1.807) is 63.5 Å². The molecule has 0 saturated carbocycles. The minimum Gasteiger partial charge on any atom is -0.497 e. The van der Waals surface area contributed by atoms with Gasteiger partial charge >= 0.3 is 12.0 Å². The molecule has 202 valence electrons. The van der Waals surface area contributed by atoms with E-state index in [2.05, 4.69) is 10.2 Å². The predicted molar refractivity (Wildman–Crippen MR) is 144 cm³/mol. The molecule has 2 heterocycles. The second-order valence-electron chi connectivity index (χ2n) is 9.23. The minimum atomic E-state index is -0.664. The van der Waals surface area contributed by atoms with Crippen LogP contribution in [0.15, 0.2) is 59.8 Å². The number of nitrogens with one attached hydrogen (secondary N) is 1. The van der Waals surface area contributed by atoms with Gasteiger partial charge in [-0.2, -0.15) is 0 Å². The molecule has 38 heavy (non-hydrogen) atoms. The largest absolute Gasteiger partial charge is 0.497 e. The van der Waals surface area contributed by atoms with Crippen LogP contribution in [-0.4, -0.2) is 86.1 Å². The van der Waals surface area contributed by atoms with Crippen molar-refractivity contribution in [1.29, 1.82) is 0 Å². The minimum absolute atomic E-state index is 0.0471. The first-order valence-corrected chi connectivity index (χ1v) is 13.1. The van der Waals surface area contributed by atoms with Gasteiger partial charge in [0, 0.05) is 56.1 Å². The van der Waals surface area contributed by atoms with Crippen LogP contribution >= 0.6 is 11.6 Å². The van der Waals surface area contributed by atoms with Crippen molar-refractivity contribution in [1.82, 2.24) is 20.0 Å². The number of nitrogens with zero attached hydrogens (tertiary/aromatic N) is 3. The lowest BCUT2D eigenvalue weighted by atomic mass is 9.94. The molecule has 1 saturated heterocycles. The topological polar surface area (TPSA) is 91.4 Å². The summed E-state index contributed by atoms with van der Waals surface area (Å²) >= 11 is 6.07. The Balaban J connectivity index is 1.58. The van der Waals surface area contributed by atoms with Gasteiger partial charge in [-0.15, -0.1) is 0 Å². The molecule has 1 atom stereocenters. The lowest BCUT2D eigenvalue weighted by molar-refractivity contribution is -0.139. The quantitative estimate of drug-likeness (QED) is 0.538. The van der Waals surface area contributed by atoms with Crippen molar-refractivity contribution in [2.24, 2.45) is 0 Å². The molecule has 2 aliphatic rings. The molecule has 2 aliphatic heterocycles. The molecule has 0 bridgehead atoms. The van der Waals surface area contributed by atoms with Crippen molar-refractivity contribution in [3.63, 3.8) is 0 Å². The molecule has 0 aliphatic carbocycles. The first-order valence-electron chi connectivity index (χ1n) is 12.7. The fourth-order valence-corrected chi connectivity index (χ4v) is 4.91. The number of carbonyl (C=O) groups is 3. The van der Waals surface area contributed by atoms with Gasteiger partial charge in [-0.3, -0.25) is 14.6 Å². The third-order valence-electron chi connectivity index (χ3n) is 6.84. The van der Waals surface area contributed by atoms with Crippen LogP contribution in [0.3, 0.4) is 0 Å². The van der Waals surface area contributed by atoms with Crippen LogP contribution in [0.25, 0.3) is 0 Å². The highest BCUT2D eigenvalue weighted by Gasteiger charge is 2.37. The van der Waals surface area contributed by atoms with Gasteiger partial charge in [0.25, 0.3) is 5.91 Å². The number of hydrogen-bond acceptors (Lipinski definition) is 6.